The molecule has 85 valence electrons. The van der Waals surface area contributed by atoms with Crippen LogP contribution in [0.2, 0.25) is 0 Å². The molecule has 2 rings (SSSR count). The molecule has 0 saturated carbocycles. The number of thiazole rings is 1. The van der Waals surface area contributed by atoms with Gasteiger partial charge in [0, 0.05) is 20.1 Å². The number of aromatic nitrogens is 2. The van der Waals surface area contributed by atoms with E-state index in [1.165, 1.54) is 11.3 Å². The van der Waals surface area contributed by atoms with Gasteiger partial charge in [0.2, 0.25) is 0 Å². The maximum absolute atomic E-state index is 4.55. The van der Waals surface area contributed by atoms with Crippen LogP contribution in [-0.4, -0.2) is 49.1 Å². The molecule has 2 aromatic rings. The predicted molar refractivity (Wildman–Crippen MR) is 68.1 cm³/mol. The minimum atomic E-state index is 0.926. The van der Waals surface area contributed by atoms with E-state index in [0.717, 1.165) is 29.3 Å². The summed E-state index contributed by atoms with van der Waals surface area (Å²) in [6.07, 6.45) is 0. The fraction of sp³-hybridized carbons (Fsp3) is 0.455. The smallest absolute Gasteiger partial charge is 0.155 e. The van der Waals surface area contributed by atoms with E-state index in [-0.39, 0.29) is 0 Å². The summed E-state index contributed by atoms with van der Waals surface area (Å²) in [7, 11) is 6.20. The van der Waals surface area contributed by atoms with Crippen molar-refractivity contribution < 1.29 is 0 Å². The maximum Gasteiger partial charge on any atom is 0.155 e. The van der Waals surface area contributed by atoms with Gasteiger partial charge in [-0.25, -0.2) is 9.97 Å². The van der Waals surface area contributed by atoms with Crippen LogP contribution in [0.15, 0.2) is 12.1 Å². The van der Waals surface area contributed by atoms with Gasteiger partial charge in [-0.15, -0.1) is 0 Å². The van der Waals surface area contributed by atoms with Gasteiger partial charge in [-0.2, -0.15) is 0 Å². The van der Waals surface area contributed by atoms with Crippen LogP contribution < -0.4 is 4.90 Å². The molecule has 0 unspecified atom stereocenters. The first-order chi connectivity index (χ1) is 7.66. The number of anilines is 1. The molecule has 0 N–H and O–H groups in total. The molecule has 0 aliphatic rings. The number of pyridine rings is 1. The molecular formula is C11H15N4S. The Bertz CT molecular complexity index is 466. The molecule has 0 aromatic carbocycles. The Morgan fingerprint density at radius 1 is 1.25 bits per heavy atom. The van der Waals surface area contributed by atoms with Crippen LogP contribution in [0.3, 0.4) is 0 Å². The van der Waals surface area contributed by atoms with Crippen LogP contribution in [0.25, 0.3) is 10.3 Å². The lowest BCUT2D eigenvalue weighted by molar-refractivity contribution is 0.416. The van der Waals surface area contributed by atoms with E-state index in [0.29, 0.717) is 0 Å². The topological polar surface area (TPSA) is 32.3 Å². The minimum absolute atomic E-state index is 0.926. The lowest BCUT2D eigenvalue weighted by Gasteiger charge is -2.20. The number of hydrogen-bond acceptors (Lipinski definition) is 5. The number of fused-ring (bicyclic) bond motifs is 1. The molecule has 0 saturated heterocycles. The highest BCUT2D eigenvalue weighted by Gasteiger charge is 2.05. The van der Waals surface area contributed by atoms with Crippen LogP contribution in [0, 0.1) is 5.51 Å². The largest absolute Gasteiger partial charge is 0.358 e. The highest BCUT2D eigenvalue weighted by molar-refractivity contribution is 7.15. The first-order valence-electron chi connectivity index (χ1n) is 5.16. The van der Waals surface area contributed by atoms with E-state index in [1.54, 1.807) is 0 Å². The zero-order chi connectivity index (χ0) is 11.5. The SMILES string of the molecule is CN(C)CCN(C)c1ccc2n[c]sc2n1. The summed E-state index contributed by atoms with van der Waals surface area (Å²) in [5, 5.41) is 0. The summed E-state index contributed by atoms with van der Waals surface area (Å²) >= 11 is 1.46. The molecule has 0 bridgehead atoms. The highest BCUT2D eigenvalue weighted by atomic mass is 32.1. The minimum Gasteiger partial charge on any atom is -0.358 e. The molecule has 5 heteroatoms. The molecule has 16 heavy (non-hydrogen) atoms. The van der Waals surface area contributed by atoms with Crippen LogP contribution >= 0.6 is 11.3 Å². The van der Waals surface area contributed by atoms with Crippen molar-refractivity contribution in [2.45, 2.75) is 0 Å². The van der Waals surface area contributed by atoms with Crippen LogP contribution in [0.4, 0.5) is 5.82 Å². The molecule has 0 fully saturated rings. The van der Waals surface area contributed by atoms with Gasteiger partial charge in [0.15, 0.2) is 5.51 Å². The molecule has 2 heterocycles. The second kappa shape index (κ2) is 4.76. The Balaban J connectivity index is 2.12. The molecule has 1 radical (unpaired) electrons. The van der Waals surface area contributed by atoms with Gasteiger partial charge in [0.1, 0.15) is 16.2 Å². The van der Waals surface area contributed by atoms with Gasteiger partial charge < -0.3 is 9.80 Å². The van der Waals surface area contributed by atoms with E-state index in [2.05, 4.69) is 46.4 Å². The van der Waals surface area contributed by atoms with E-state index in [9.17, 15) is 0 Å². The van der Waals surface area contributed by atoms with Crippen LogP contribution in [0.5, 0.6) is 0 Å². The van der Waals surface area contributed by atoms with E-state index < -0.39 is 0 Å². The third kappa shape index (κ3) is 2.48. The molecule has 4 nitrogen and oxygen atoms in total. The lowest BCUT2D eigenvalue weighted by Crippen LogP contribution is -2.28. The van der Waals surface area contributed by atoms with Crippen molar-refractivity contribution in [2.75, 3.05) is 39.1 Å². The van der Waals surface area contributed by atoms with E-state index >= 15 is 0 Å². The van der Waals surface area contributed by atoms with Gasteiger partial charge in [0.25, 0.3) is 0 Å². The van der Waals surface area contributed by atoms with E-state index in [4.69, 9.17) is 0 Å². The van der Waals surface area contributed by atoms with Crippen molar-refractivity contribution in [3.63, 3.8) is 0 Å². The summed E-state index contributed by atoms with van der Waals surface area (Å²) in [6, 6.07) is 4.00. The second-order valence-corrected chi connectivity index (χ2v) is 4.80. The molecule has 2 aromatic heterocycles. The Morgan fingerprint density at radius 3 is 2.81 bits per heavy atom. The number of likely N-dealkylation sites (N-methyl/N-ethyl adjacent to an activating group) is 2. The molecule has 0 atom stereocenters. The molecule has 0 spiro atoms. The Labute approximate surface area is 99.5 Å². The molecule has 0 amide bonds. The first kappa shape index (κ1) is 11.3. The molecular weight excluding hydrogens is 220 g/mol. The van der Waals surface area contributed by atoms with Crippen molar-refractivity contribution in [1.82, 2.24) is 14.9 Å². The maximum atomic E-state index is 4.55. The highest BCUT2D eigenvalue weighted by Crippen LogP contribution is 2.18. The summed E-state index contributed by atoms with van der Waals surface area (Å²) in [4.78, 5) is 13.9. The quantitative estimate of drug-likeness (QED) is 0.803. The fourth-order valence-electron chi connectivity index (χ4n) is 1.38. The zero-order valence-electron chi connectivity index (χ0n) is 9.77. The molecule has 0 aliphatic heterocycles. The number of hydrogen-bond donors (Lipinski definition) is 0. The lowest BCUT2D eigenvalue weighted by atomic mass is 10.4. The van der Waals surface area contributed by atoms with Gasteiger partial charge in [-0.3, -0.25) is 0 Å². The van der Waals surface area contributed by atoms with Crippen molar-refractivity contribution in [2.24, 2.45) is 0 Å². The van der Waals surface area contributed by atoms with Crippen molar-refractivity contribution in [3.05, 3.63) is 17.6 Å². The standard InChI is InChI=1S/C11H15N4S/c1-14(2)6-7-15(3)10-5-4-9-11(13-10)16-8-12-9/h4-5H,6-7H2,1-3H3. The van der Waals surface area contributed by atoms with Crippen molar-refractivity contribution in [3.8, 4) is 0 Å². The van der Waals surface area contributed by atoms with Crippen molar-refractivity contribution in [1.29, 1.82) is 0 Å². The third-order valence-corrected chi connectivity index (χ3v) is 3.08. The summed E-state index contributed by atoms with van der Waals surface area (Å²) in [5.74, 6) is 0.993. The van der Waals surface area contributed by atoms with E-state index in [1.807, 2.05) is 12.1 Å². The fourth-order valence-corrected chi connectivity index (χ4v) is 1.96. The molecule has 0 aliphatic carbocycles. The van der Waals surface area contributed by atoms with Gasteiger partial charge >= 0.3 is 0 Å². The number of rotatable bonds is 4. The Morgan fingerprint density at radius 2 is 2.06 bits per heavy atom. The monoisotopic (exact) mass is 235 g/mol. The van der Waals surface area contributed by atoms with Crippen molar-refractivity contribution >= 4 is 27.5 Å². The average molecular weight is 235 g/mol. The number of nitrogens with zero attached hydrogens (tertiary/aromatic N) is 4. The Hall–Kier alpha value is -1.20. The summed E-state index contributed by atoms with van der Waals surface area (Å²) < 4.78 is 0. The van der Waals surface area contributed by atoms with Gasteiger partial charge in [0.05, 0.1) is 0 Å². The average Bonchev–Trinajstić information content (AvgIpc) is 2.72. The zero-order valence-corrected chi connectivity index (χ0v) is 10.6. The van der Waals surface area contributed by atoms with Crippen LogP contribution in [0.1, 0.15) is 0 Å². The second-order valence-electron chi connectivity index (χ2n) is 4.02. The normalized spacial score (nSPS) is 11.2. The first-order valence-corrected chi connectivity index (χ1v) is 5.98. The summed E-state index contributed by atoms with van der Waals surface area (Å²) in [5.41, 5.74) is 3.78. The van der Waals surface area contributed by atoms with Crippen LogP contribution in [-0.2, 0) is 0 Å². The van der Waals surface area contributed by atoms with Gasteiger partial charge in [-0.05, 0) is 26.2 Å². The van der Waals surface area contributed by atoms with Gasteiger partial charge in [-0.1, -0.05) is 11.3 Å². The Kier molecular flexibility index (Phi) is 3.36. The predicted octanol–water partition coefficient (Wildman–Crippen LogP) is 1.49. The summed E-state index contributed by atoms with van der Waals surface area (Å²) in [6.45, 7) is 1.99. The third-order valence-electron chi connectivity index (χ3n) is 2.41.